The molecular weight excluding hydrogens is 496 g/mol. The Morgan fingerprint density at radius 3 is 2.88 bits per heavy atom. The van der Waals surface area contributed by atoms with E-state index >= 15 is 0 Å². The second-order valence-electron chi connectivity index (χ2n) is 10.7. The monoisotopic (exact) mass is 528 g/mol. The number of nitrogen functional groups attached to an aromatic ring is 1. The molecule has 8 nitrogen and oxygen atoms in total. The third-order valence-corrected chi connectivity index (χ3v) is 8.09. The SMILES string of the molecule is Nc1cc(C(CCCc2cccc3ccccc23)c2cnn(Cc3ccc4c(c3)CCNC4)c2)c2n[nH]nc2n1. The molecule has 6 aromatic rings. The van der Waals surface area contributed by atoms with Crippen molar-refractivity contribution in [2.24, 2.45) is 0 Å². The van der Waals surface area contributed by atoms with Gasteiger partial charge in [-0.2, -0.15) is 15.4 Å². The van der Waals surface area contributed by atoms with Crippen LogP contribution in [-0.4, -0.2) is 36.7 Å². The number of nitrogens with zero attached hydrogens (tertiary/aromatic N) is 5. The van der Waals surface area contributed by atoms with Crippen LogP contribution in [0.5, 0.6) is 0 Å². The van der Waals surface area contributed by atoms with Crippen molar-refractivity contribution in [2.45, 2.75) is 44.7 Å². The van der Waals surface area contributed by atoms with Crippen LogP contribution in [0.4, 0.5) is 5.82 Å². The Bertz CT molecular complexity index is 1790. The third-order valence-electron chi connectivity index (χ3n) is 8.09. The summed E-state index contributed by atoms with van der Waals surface area (Å²) >= 11 is 0. The van der Waals surface area contributed by atoms with Gasteiger partial charge in [-0.3, -0.25) is 4.68 Å². The van der Waals surface area contributed by atoms with Gasteiger partial charge in [0.15, 0.2) is 0 Å². The molecule has 4 heterocycles. The summed E-state index contributed by atoms with van der Waals surface area (Å²) in [6.45, 7) is 2.73. The maximum absolute atomic E-state index is 6.23. The van der Waals surface area contributed by atoms with Crippen LogP contribution in [-0.2, 0) is 25.9 Å². The first-order chi connectivity index (χ1) is 19.7. The van der Waals surface area contributed by atoms with E-state index in [1.54, 1.807) is 0 Å². The number of H-pyrrole nitrogens is 1. The maximum Gasteiger partial charge on any atom is 0.203 e. The highest BCUT2D eigenvalue weighted by molar-refractivity contribution is 5.85. The van der Waals surface area contributed by atoms with Crippen molar-refractivity contribution >= 4 is 27.8 Å². The van der Waals surface area contributed by atoms with Gasteiger partial charge >= 0.3 is 0 Å². The lowest BCUT2D eigenvalue weighted by atomic mass is 9.87. The van der Waals surface area contributed by atoms with Crippen LogP contribution >= 0.6 is 0 Å². The van der Waals surface area contributed by atoms with Crippen LogP contribution in [0.3, 0.4) is 0 Å². The molecule has 0 saturated heterocycles. The topological polar surface area (TPSA) is 110 Å². The van der Waals surface area contributed by atoms with Crippen LogP contribution in [0.25, 0.3) is 21.9 Å². The Morgan fingerprint density at radius 1 is 0.975 bits per heavy atom. The fourth-order valence-electron chi connectivity index (χ4n) is 6.12. The molecule has 0 amide bonds. The fourth-order valence-corrected chi connectivity index (χ4v) is 6.12. The highest BCUT2D eigenvalue weighted by atomic mass is 15.3. The molecule has 1 unspecified atom stereocenters. The summed E-state index contributed by atoms with van der Waals surface area (Å²) in [5.41, 5.74) is 15.2. The molecule has 1 atom stereocenters. The average molecular weight is 529 g/mol. The Morgan fingerprint density at radius 2 is 1.90 bits per heavy atom. The van der Waals surface area contributed by atoms with E-state index in [9.17, 15) is 0 Å². The van der Waals surface area contributed by atoms with Crippen LogP contribution in [0.1, 0.15) is 52.1 Å². The van der Waals surface area contributed by atoms with Gasteiger partial charge < -0.3 is 11.1 Å². The summed E-state index contributed by atoms with van der Waals surface area (Å²) in [7, 11) is 0. The van der Waals surface area contributed by atoms with Gasteiger partial charge in [0.25, 0.3) is 0 Å². The van der Waals surface area contributed by atoms with Gasteiger partial charge in [0.1, 0.15) is 11.3 Å². The first-order valence-corrected chi connectivity index (χ1v) is 14.0. The van der Waals surface area contributed by atoms with E-state index in [-0.39, 0.29) is 5.92 Å². The van der Waals surface area contributed by atoms with E-state index < -0.39 is 0 Å². The average Bonchev–Trinajstić information content (AvgIpc) is 3.65. The molecule has 8 heteroatoms. The summed E-state index contributed by atoms with van der Waals surface area (Å²) in [5, 5.41) is 22.2. The van der Waals surface area contributed by atoms with Crippen molar-refractivity contribution in [2.75, 3.05) is 12.3 Å². The highest BCUT2D eigenvalue weighted by Gasteiger charge is 2.22. The quantitative estimate of drug-likeness (QED) is 0.253. The van der Waals surface area contributed by atoms with Gasteiger partial charge in [-0.25, -0.2) is 4.98 Å². The Hall–Kier alpha value is -4.56. The van der Waals surface area contributed by atoms with Gasteiger partial charge in [-0.05, 0) is 82.4 Å². The first kappa shape index (κ1) is 24.5. The number of hydrogen-bond donors (Lipinski definition) is 3. The standard InChI is InChI=1S/C32H32N8/c33-30-16-29(31-32(36-30)38-39-37-31)28(10-4-8-23-7-3-6-22-5-1-2-9-27(22)23)26-18-35-40(20-26)19-21-11-12-25-17-34-14-13-24(25)15-21/h1-3,5-7,9,11-12,15-16,18,20,28,34H,4,8,10,13-14,17,19H2,(H3,33,36,37,38,39). The Labute approximate surface area is 232 Å². The number of pyridine rings is 1. The lowest BCUT2D eigenvalue weighted by Gasteiger charge is -2.18. The zero-order valence-electron chi connectivity index (χ0n) is 22.3. The lowest BCUT2D eigenvalue weighted by molar-refractivity contribution is 0.638. The number of aromatic nitrogens is 6. The highest BCUT2D eigenvalue weighted by Crippen LogP contribution is 2.34. The summed E-state index contributed by atoms with van der Waals surface area (Å²) in [5.74, 6) is 0.516. The molecule has 0 spiro atoms. The summed E-state index contributed by atoms with van der Waals surface area (Å²) in [6.07, 6.45) is 8.15. The molecule has 0 aliphatic carbocycles. The minimum atomic E-state index is 0.0660. The van der Waals surface area contributed by atoms with E-state index in [0.717, 1.165) is 62.0 Å². The molecule has 1 aliphatic heterocycles. The van der Waals surface area contributed by atoms with E-state index in [1.165, 1.54) is 33.0 Å². The molecule has 0 saturated carbocycles. The van der Waals surface area contributed by atoms with Crippen molar-refractivity contribution in [3.8, 4) is 0 Å². The van der Waals surface area contributed by atoms with Crippen LogP contribution in [0.15, 0.2) is 79.1 Å². The van der Waals surface area contributed by atoms with Gasteiger partial charge in [0.05, 0.1) is 12.7 Å². The van der Waals surface area contributed by atoms with Crippen molar-refractivity contribution in [3.63, 3.8) is 0 Å². The van der Waals surface area contributed by atoms with Crippen LogP contribution < -0.4 is 11.1 Å². The number of nitrogens with one attached hydrogen (secondary N) is 2. The van der Waals surface area contributed by atoms with Crippen molar-refractivity contribution < 1.29 is 0 Å². The summed E-state index contributed by atoms with van der Waals surface area (Å²) in [6, 6.07) is 23.9. The number of hydrogen-bond acceptors (Lipinski definition) is 6. The second kappa shape index (κ2) is 10.5. The molecule has 3 aromatic carbocycles. The molecular formula is C32H32N8. The molecule has 200 valence electrons. The number of benzene rings is 3. The number of nitrogens with two attached hydrogens (primary N) is 1. The summed E-state index contributed by atoms with van der Waals surface area (Å²) in [4.78, 5) is 4.38. The van der Waals surface area contributed by atoms with Crippen molar-refractivity contribution in [1.29, 1.82) is 0 Å². The number of anilines is 1. The van der Waals surface area contributed by atoms with Crippen molar-refractivity contribution in [3.05, 3.63) is 113 Å². The van der Waals surface area contributed by atoms with E-state index in [2.05, 4.69) is 92.6 Å². The minimum Gasteiger partial charge on any atom is -0.384 e. The molecule has 0 radical (unpaired) electrons. The number of fused-ring (bicyclic) bond motifs is 3. The normalized spacial score (nSPS) is 14.0. The minimum absolute atomic E-state index is 0.0660. The molecule has 4 N–H and O–H groups in total. The lowest BCUT2D eigenvalue weighted by Crippen LogP contribution is -2.23. The van der Waals surface area contributed by atoms with E-state index in [1.807, 2.05) is 16.9 Å². The van der Waals surface area contributed by atoms with E-state index in [4.69, 9.17) is 10.8 Å². The maximum atomic E-state index is 6.23. The van der Waals surface area contributed by atoms with E-state index in [0.29, 0.717) is 11.5 Å². The third kappa shape index (κ3) is 4.82. The zero-order chi connectivity index (χ0) is 26.9. The largest absolute Gasteiger partial charge is 0.384 e. The smallest absolute Gasteiger partial charge is 0.203 e. The second-order valence-corrected chi connectivity index (χ2v) is 10.7. The van der Waals surface area contributed by atoms with Crippen LogP contribution in [0, 0.1) is 0 Å². The summed E-state index contributed by atoms with van der Waals surface area (Å²) < 4.78 is 2.04. The Kier molecular flexibility index (Phi) is 6.45. The number of aryl methyl sites for hydroxylation is 1. The fraction of sp³-hybridized carbons (Fsp3) is 0.250. The van der Waals surface area contributed by atoms with Gasteiger partial charge in [-0.1, -0.05) is 60.7 Å². The molecule has 0 bridgehead atoms. The molecule has 7 rings (SSSR count). The molecule has 0 fully saturated rings. The van der Waals surface area contributed by atoms with Crippen molar-refractivity contribution in [1.82, 2.24) is 35.5 Å². The van der Waals surface area contributed by atoms with Gasteiger partial charge in [0.2, 0.25) is 5.65 Å². The van der Waals surface area contributed by atoms with Gasteiger partial charge in [0, 0.05) is 18.7 Å². The predicted molar refractivity (Wildman–Crippen MR) is 158 cm³/mol. The molecule has 1 aliphatic rings. The molecule has 40 heavy (non-hydrogen) atoms. The predicted octanol–water partition coefficient (Wildman–Crippen LogP) is 5.13. The first-order valence-electron chi connectivity index (χ1n) is 14.0. The Balaban J connectivity index is 1.18. The molecule has 3 aromatic heterocycles. The zero-order valence-corrected chi connectivity index (χ0v) is 22.3. The van der Waals surface area contributed by atoms with Gasteiger partial charge in [-0.15, -0.1) is 5.10 Å². The number of aromatic amines is 1. The van der Waals surface area contributed by atoms with Crippen LogP contribution in [0.2, 0.25) is 0 Å². The number of rotatable bonds is 8.